The highest BCUT2D eigenvalue weighted by molar-refractivity contribution is 5.93. The van der Waals surface area contributed by atoms with Gasteiger partial charge in [0.25, 0.3) is 0 Å². The topological polar surface area (TPSA) is 178 Å². The minimum atomic E-state index is -1.27. The number of aliphatic hydroxyl groups is 1. The third-order valence-corrected chi connectivity index (χ3v) is 5.55. The third kappa shape index (κ3) is 6.12. The number of rotatable bonds is 10. The Kier molecular flexibility index (Phi) is 7.87. The molecule has 4 atom stereocenters. The number of phenolic OH excluding ortho intramolecular Hbond substituents is 1. The van der Waals surface area contributed by atoms with Gasteiger partial charge in [-0.25, -0.2) is 4.79 Å². The second kappa shape index (κ2) is 10.8. The summed E-state index contributed by atoms with van der Waals surface area (Å²) in [4.78, 5) is 40.6. The number of H-pyrrole nitrogens is 1. The van der Waals surface area contributed by atoms with Crippen LogP contribution in [0.2, 0.25) is 0 Å². The molecule has 0 spiro atoms. The molecule has 3 aromatic rings. The molecule has 0 bridgehead atoms. The molecule has 0 radical (unpaired) electrons. The monoisotopic (exact) mass is 468 g/mol. The highest BCUT2D eigenvalue weighted by Crippen LogP contribution is 2.19. The lowest BCUT2D eigenvalue weighted by Crippen LogP contribution is -2.57. The van der Waals surface area contributed by atoms with Gasteiger partial charge in [-0.05, 0) is 36.2 Å². The molecule has 1 heterocycles. The van der Waals surface area contributed by atoms with Gasteiger partial charge in [-0.15, -0.1) is 0 Å². The van der Waals surface area contributed by atoms with Crippen molar-refractivity contribution in [3.63, 3.8) is 0 Å². The lowest BCUT2D eigenvalue weighted by atomic mass is 10.0. The van der Waals surface area contributed by atoms with Crippen molar-refractivity contribution in [3.05, 3.63) is 65.9 Å². The van der Waals surface area contributed by atoms with E-state index in [2.05, 4.69) is 15.6 Å². The van der Waals surface area contributed by atoms with E-state index in [1.807, 2.05) is 24.3 Å². The molecule has 0 saturated carbocycles. The molecule has 2 amide bonds. The van der Waals surface area contributed by atoms with E-state index in [0.717, 1.165) is 16.5 Å². The number of aliphatic carboxylic acids is 1. The first-order valence-corrected chi connectivity index (χ1v) is 10.8. The minimum absolute atomic E-state index is 0.0255. The molecule has 3 rings (SSSR count). The van der Waals surface area contributed by atoms with Gasteiger partial charge in [-0.1, -0.05) is 30.3 Å². The Morgan fingerprint density at radius 3 is 2.26 bits per heavy atom. The fourth-order valence-corrected chi connectivity index (χ4v) is 3.56. The molecule has 0 aliphatic carbocycles. The predicted molar refractivity (Wildman–Crippen MR) is 125 cm³/mol. The van der Waals surface area contributed by atoms with Gasteiger partial charge in [0.15, 0.2) is 0 Å². The van der Waals surface area contributed by atoms with Crippen molar-refractivity contribution < 1.29 is 29.7 Å². The van der Waals surface area contributed by atoms with Gasteiger partial charge in [-0.3, -0.25) is 9.59 Å². The summed E-state index contributed by atoms with van der Waals surface area (Å²) in [6, 6.07) is 9.73. The van der Waals surface area contributed by atoms with E-state index in [0.29, 0.717) is 5.56 Å². The Bertz CT molecular complexity index is 1160. The summed E-state index contributed by atoms with van der Waals surface area (Å²) < 4.78 is 0. The molecule has 0 aliphatic heterocycles. The van der Waals surface area contributed by atoms with Crippen molar-refractivity contribution in [2.24, 2.45) is 5.73 Å². The molecular formula is C24H28N4O6. The third-order valence-electron chi connectivity index (χ3n) is 5.55. The normalized spacial score (nSPS) is 14.7. The van der Waals surface area contributed by atoms with Gasteiger partial charge in [-0.2, -0.15) is 0 Å². The van der Waals surface area contributed by atoms with E-state index in [4.69, 9.17) is 5.73 Å². The Labute approximate surface area is 195 Å². The lowest BCUT2D eigenvalue weighted by molar-refractivity contribution is -0.142. The van der Waals surface area contributed by atoms with E-state index < -0.39 is 42.0 Å². The minimum Gasteiger partial charge on any atom is -0.508 e. The number of aromatic amines is 1. The number of hydrogen-bond acceptors (Lipinski definition) is 6. The molecule has 0 saturated heterocycles. The Morgan fingerprint density at radius 2 is 1.62 bits per heavy atom. The molecule has 0 fully saturated rings. The molecule has 10 nitrogen and oxygen atoms in total. The molecule has 8 N–H and O–H groups in total. The number of carbonyl (C=O) groups excluding carboxylic acids is 2. The van der Waals surface area contributed by atoms with E-state index >= 15 is 0 Å². The molecule has 34 heavy (non-hydrogen) atoms. The average molecular weight is 469 g/mol. The number of nitrogens with one attached hydrogen (secondary N) is 3. The first kappa shape index (κ1) is 24.7. The SMILES string of the molecule is CC(O)C(N)C(=O)NC(Cc1c[nH]c2ccccc12)C(=O)NC(Cc1ccc(O)cc1)C(=O)O. The predicted octanol–water partition coefficient (Wildman–Crippen LogP) is 0.421. The molecule has 1 aromatic heterocycles. The van der Waals surface area contributed by atoms with Crippen LogP contribution < -0.4 is 16.4 Å². The number of aliphatic hydroxyl groups excluding tert-OH is 1. The second-order valence-electron chi connectivity index (χ2n) is 8.16. The summed E-state index contributed by atoms with van der Waals surface area (Å²) in [6.07, 6.45) is 0.622. The van der Waals surface area contributed by atoms with Gasteiger partial charge in [0.2, 0.25) is 11.8 Å². The second-order valence-corrected chi connectivity index (χ2v) is 8.16. The van der Waals surface area contributed by atoms with Gasteiger partial charge < -0.3 is 36.7 Å². The highest BCUT2D eigenvalue weighted by atomic mass is 16.4. The van der Waals surface area contributed by atoms with E-state index in [1.165, 1.54) is 19.1 Å². The van der Waals surface area contributed by atoms with E-state index in [9.17, 15) is 29.7 Å². The highest BCUT2D eigenvalue weighted by Gasteiger charge is 2.30. The molecule has 0 aliphatic rings. The fourth-order valence-electron chi connectivity index (χ4n) is 3.56. The van der Waals surface area contributed by atoms with Crippen LogP contribution in [0.1, 0.15) is 18.1 Å². The average Bonchev–Trinajstić information content (AvgIpc) is 3.21. The quantitative estimate of drug-likeness (QED) is 0.225. The van der Waals surface area contributed by atoms with Crippen LogP contribution in [0.5, 0.6) is 5.75 Å². The molecule has 10 heteroatoms. The van der Waals surface area contributed by atoms with Crippen LogP contribution in [0.3, 0.4) is 0 Å². The number of amides is 2. The maximum atomic E-state index is 13.1. The molecule has 4 unspecified atom stereocenters. The van der Waals surface area contributed by atoms with Crippen molar-refractivity contribution in [1.82, 2.24) is 15.6 Å². The Balaban J connectivity index is 1.82. The van der Waals surface area contributed by atoms with Crippen LogP contribution in [0.4, 0.5) is 0 Å². The number of carbonyl (C=O) groups is 3. The van der Waals surface area contributed by atoms with Crippen LogP contribution in [0, 0.1) is 0 Å². The van der Waals surface area contributed by atoms with Crippen LogP contribution in [0.25, 0.3) is 10.9 Å². The van der Waals surface area contributed by atoms with Crippen molar-refractivity contribution >= 4 is 28.7 Å². The summed E-state index contributed by atoms with van der Waals surface area (Å²) in [6.45, 7) is 1.36. The first-order valence-electron chi connectivity index (χ1n) is 10.8. The smallest absolute Gasteiger partial charge is 0.326 e. The van der Waals surface area contributed by atoms with Gasteiger partial charge in [0, 0.05) is 29.9 Å². The van der Waals surface area contributed by atoms with Gasteiger partial charge >= 0.3 is 5.97 Å². The van der Waals surface area contributed by atoms with Crippen LogP contribution in [-0.2, 0) is 27.2 Å². The number of nitrogens with two attached hydrogens (primary N) is 1. The van der Waals surface area contributed by atoms with Crippen molar-refractivity contribution in [2.45, 2.75) is 44.0 Å². The van der Waals surface area contributed by atoms with E-state index in [-0.39, 0.29) is 18.6 Å². The number of carboxylic acids is 1. The molecular weight excluding hydrogens is 440 g/mol. The van der Waals surface area contributed by atoms with Crippen LogP contribution in [0.15, 0.2) is 54.7 Å². The summed E-state index contributed by atoms with van der Waals surface area (Å²) in [5, 5.41) is 34.6. The van der Waals surface area contributed by atoms with Crippen LogP contribution >= 0.6 is 0 Å². The summed E-state index contributed by atoms with van der Waals surface area (Å²) >= 11 is 0. The first-order chi connectivity index (χ1) is 16.2. The maximum absolute atomic E-state index is 13.1. The van der Waals surface area contributed by atoms with Crippen LogP contribution in [-0.4, -0.2) is 62.3 Å². The zero-order valence-corrected chi connectivity index (χ0v) is 18.6. The van der Waals surface area contributed by atoms with Gasteiger partial charge in [0.05, 0.1) is 6.10 Å². The molecule has 180 valence electrons. The number of aromatic hydroxyl groups is 1. The number of hydrogen-bond donors (Lipinski definition) is 7. The number of aromatic nitrogens is 1. The standard InChI is InChI=1S/C24H28N4O6/c1-13(29)21(25)23(32)27-19(11-15-12-26-18-5-3-2-4-17(15)18)22(31)28-20(24(33)34)10-14-6-8-16(30)9-7-14/h2-9,12-13,19-21,26,29-30H,10-11,25H2,1H3,(H,27,32)(H,28,31)(H,33,34). The van der Waals surface area contributed by atoms with Crippen molar-refractivity contribution in [1.29, 1.82) is 0 Å². The van der Waals surface area contributed by atoms with Gasteiger partial charge in [0.1, 0.15) is 23.9 Å². The maximum Gasteiger partial charge on any atom is 0.326 e. The fraction of sp³-hybridized carbons (Fsp3) is 0.292. The van der Waals surface area contributed by atoms with E-state index in [1.54, 1.807) is 18.3 Å². The number of benzene rings is 2. The Hall–Kier alpha value is -3.89. The summed E-state index contributed by atoms with van der Waals surface area (Å²) in [7, 11) is 0. The zero-order chi connectivity index (χ0) is 24.8. The molecule has 2 aromatic carbocycles. The number of para-hydroxylation sites is 1. The largest absolute Gasteiger partial charge is 0.508 e. The summed E-state index contributed by atoms with van der Waals surface area (Å²) in [5.74, 6) is -2.65. The summed E-state index contributed by atoms with van der Waals surface area (Å²) in [5.41, 5.74) is 7.91. The lowest BCUT2D eigenvalue weighted by Gasteiger charge is -2.23. The zero-order valence-electron chi connectivity index (χ0n) is 18.6. The van der Waals surface area contributed by atoms with Crippen molar-refractivity contribution in [3.8, 4) is 5.75 Å². The number of phenols is 1. The number of carboxylic acid groups (broad SMARTS) is 1. The Morgan fingerprint density at radius 1 is 0.971 bits per heavy atom. The van der Waals surface area contributed by atoms with Crippen molar-refractivity contribution in [2.75, 3.05) is 0 Å². The number of fused-ring (bicyclic) bond motifs is 1.